The van der Waals surface area contributed by atoms with Crippen molar-refractivity contribution in [1.29, 1.82) is 5.26 Å². The van der Waals surface area contributed by atoms with E-state index >= 15 is 0 Å². The normalized spacial score (nSPS) is 14.7. The molecule has 0 atom stereocenters. The number of halogens is 1. The van der Waals surface area contributed by atoms with Crippen LogP contribution in [0.4, 0.5) is 5.69 Å². The van der Waals surface area contributed by atoms with Crippen LogP contribution < -0.4 is 15.8 Å². The van der Waals surface area contributed by atoms with Crippen molar-refractivity contribution in [2.45, 2.75) is 25.4 Å². The maximum atomic E-state index is 12.8. The Kier molecular flexibility index (Phi) is 5.14. The minimum atomic E-state index is -0.378. The molecule has 3 heterocycles. The zero-order valence-electron chi connectivity index (χ0n) is 16.8. The first-order valence-electron chi connectivity index (χ1n) is 10.3. The molecule has 0 bridgehead atoms. The number of hydrogen-bond acceptors (Lipinski definition) is 5. The fourth-order valence-corrected chi connectivity index (χ4v) is 4.64. The molecule has 0 aliphatic carbocycles. The summed E-state index contributed by atoms with van der Waals surface area (Å²) in [7, 11) is 0. The van der Waals surface area contributed by atoms with Gasteiger partial charge in [-0.05, 0) is 67.9 Å². The predicted molar refractivity (Wildman–Crippen MR) is 123 cm³/mol. The average Bonchev–Trinajstić information content (AvgIpc) is 3.26. The summed E-state index contributed by atoms with van der Waals surface area (Å²) >= 11 is 6.32. The van der Waals surface area contributed by atoms with Gasteiger partial charge in [-0.2, -0.15) is 5.26 Å². The van der Waals surface area contributed by atoms with E-state index in [9.17, 15) is 10.1 Å². The Bertz CT molecular complexity index is 1360. The van der Waals surface area contributed by atoms with Gasteiger partial charge in [0.15, 0.2) is 0 Å². The summed E-state index contributed by atoms with van der Waals surface area (Å²) in [6, 6.07) is 15.7. The third-order valence-electron chi connectivity index (χ3n) is 5.97. The number of pyridine rings is 1. The minimum absolute atomic E-state index is 0.123. The highest BCUT2D eigenvalue weighted by Gasteiger charge is 2.27. The summed E-state index contributed by atoms with van der Waals surface area (Å²) in [5, 5.41) is 15.7. The number of nitrogens with one attached hydrogen (secondary N) is 2. The standard InChI is InChI=1S/C24H21ClN4O2/c25-17-2-3-21-19(12-17)23(20(13-26)24(30)28-21)29(18-5-8-27-9-6-18)14-15-1-4-22-16(11-15)7-10-31-22/h1-4,7,10-12,18,27H,5-6,8-9,14H2,(H,28,30). The van der Waals surface area contributed by atoms with Gasteiger partial charge in [0.05, 0.1) is 17.5 Å². The number of hydrogen-bond donors (Lipinski definition) is 2. The molecule has 7 heteroatoms. The van der Waals surface area contributed by atoms with E-state index in [1.165, 1.54) is 0 Å². The van der Waals surface area contributed by atoms with E-state index in [-0.39, 0.29) is 17.2 Å². The molecular weight excluding hydrogens is 412 g/mol. The van der Waals surface area contributed by atoms with Crippen LogP contribution in [0.15, 0.2) is 57.9 Å². The van der Waals surface area contributed by atoms with Gasteiger partial charge in [-0.3, -0.25) is 4.79 Å². The van der Waals surface area contributed by atoms with Crippen molar-refractivity contribution < 1.29 is 4.42 Å². The molecule has 0 saturated carbocycles. The largest absolute Gasteiger partial charge is 0.464 e. The van der Waals surface area contributed by atoms with Gasteiger partial charge in [0.25, 0.3) is 5.56 Å². The molecule has 2 aromatic heterocycles. The Hall–Kier alpha value is -3.27. The number of nitriles is 1. The molecule has 2 N–H and O–H groups in total. The van der Waals surface area contributed by atoms with Gasteiger partial charge in [-0.15, -0.1) is 0 Å². The maximum Gasteiger partial charge on any atom is 0.268 e. The molecule has 0 radical (unpaired) electrons. The predicted octanol–water partition coefficient (Wildman–Crippen LogP) is 4.56. The summed E-state index contributed by atoms with van der Waals surface area (Å²) in [5.41, 5.74) is 3.00. The summed E-state index contributed by atoms with van der Waals surface area (Å²) in [6.07, 6.45) is 3.53. The fraction of sp³-hybridized carbons (Fsp3) is 0.250. The van der Waals surface area contributed by atoms with Crippen molar-refractivity contribution >= 4 is 39.2 Å². The Labute approximate surface area is 184 Å². The number of aromatic amines is 1. The molecule has 0 spiro atoms. The lowest BCUT2D eigenvalue weighted by atomic mass is 9.99. The Morgan fingerprint density at radius 2 is 2.00 bits per heavy atom. The minimum Gasteiger partial charge on any atom is -0.464 e. The highest BCUT2D eigenvalue weighted by atomic mass is 35.5. The van der Waals surface area contributed by atoms with Gasteiger partial charge < -0.3 is 19.6 Å². The van der Waals surface area contributed by atoms with Crippen LogP contribution >= 0.6 is 11.6 Å². The Balaban J connectivity index is 1.70. The Morgan fingerprint density at radius 1 is 1.16 bits per heavy atom. The first kappa shape index (κ1) is 19.7. The van der Waals surface area contributed by atoms with Crippen LogP contribution in [-0.4, -0.2) is 24.1 Å². The number of H-pyrrole nitrogens is 1. The summed E-state index contributed by atoms with van der Waals surface area (Å²) in [5.74, 6) is 0. The van der Waals surface area contributed by atoms with Gasteiger partial charge in [0.2, 0.25) is 0 Å². The second kappa shape index (κ2) is 8.10. The topological polar surface area (TPSA) is 85.1 Å². The van der Waals surface area contributed by atoms with Crippen LogP contribution in [0.3, 0.4) is 0 Å². The van der Waals surface area contributed by atoms with Crippen molar-refractivity contribution in [3.05, 3.63) is 75.2 Å². The molecular formula is C24H21ClN4O2. The summed E-state index contributed by atoms with van der Waals surface area (Å²) < 4.78 is 5.48. The number of aromatic nitrogens is 1. The van der Waals surface area contributed by atoms with Crippen molar-refractivity contribution in [3.63, 3.8) is 0 Å². The Morgan fingerprint density at radius 3 is 2.81 bits per heavy atom. The quantitative estimate of drug-likeness (QED) is 0.494. The van der Waals surface area contributed by atoms with Crippen molar-refractivity contribution in [2.75, 3.05) is 18.0 Å². The number of piperidine rings is 1. The lowest BCUT2D eigenvalue weighted by Gasteiger charge is -2.37. The SMILES string of the molecule is N#Cc1c(N(Cc2ccc3occc3c2)C2CCNCC2)c2cc(Cl)ccc2[nH]c1=O. The third kappa shape index (κ3) is 3.67. The average molecular weight is 433 g/mol. The van der Waals surface area contributed by atoms with E-state index < -0.39 is 0 Å². The third-order valence-corrected chi connectivity index (χ3v) is 6.20. The van der Waals surface area contributed by atoms with E-state index in [0.717, 1.165) is 47.9 Å². The van der Waals surface area contributed by atoms with E-state index in [0.29, 0.717) is 22.8 Å². The first-order chi connectivity index (χ1) is 15.1. The lowest BCUT2D eigenvalue weighted by Crippen LogP contribution is -2.43. The van der Waals surface area contributed by atoms with Gasteiger partial charge in [0, 0.05) is 28.4 Å². The van der Waals surface area contributed by atoms with E-state index in [1.807, 2.05) is 24.3 Å². The van der Waals surface area contributed by atoms with E-state index in [2.05, 4.69) is 27.3 Å². The van der Waals surface area contributed by atoms with Gasteiger partial charge in [-0.1, -0.05) is 17.7 Å². The van der Waals surface area contributed by atoms with Gasteiger partial charge >= 0.3 is 0 Å². The molecule has 1 saturated heterocycles. The number of rotatable bonds is 4. The van der Waals surface area contributed by atoms with Crippen LogP contribution in [0.25, 0.3) is 21.9 Å². The van der Waals surface area contributed by atoms with Crippen LogP contribution in [0.1, 0.15) is 24.0 Å². The molecule has 5 rings (SSSR count). The number of furan rings is 1. The highest BCUT2D eigenvalue weighted by molar-refractivity contribution is 6.31. The molecule has 1 aliphatic rings. The summed E-state index contributed by atoms with van der Waals surface area (Å²) in [4.78, 5) is 17.8. The van der Waals surface area contributed by atoms with Crippen LogP contribution in [0.5, 0.6) is 0 Å². The first-order valence-corrected chi connectivity index (χ1v) is 10.7. The van der Waals surface area contributed by atoms with Gasteiger partial charge in [-0.25, -0.2) is 0 Å². The smallest absolute Gasteiger partial charge is 0.268 e. The van der Waals surface area contributed by atoms with E-state index in [4.69, 9.17) is 16.0 Å². The monoisotopic (exact) mass is 432 g/mol. The number of fused-ring (bicyclic) bond motifs is 2. The molecule has 31 heavy (non-hydrogen) atoms. The number of nitrogens with zero attached hydrogens (tertiary/aromatic N) is 2. The molecule has 1 aliphatic heterocycles. The second-order valence-corrected chi connectivity index (χ2v) is 8.32. The number of anilines is 1. The fourth-order valence-electron chi connectivity index (χ4n) is 4.47. The van der Waals surface area contributed by atoms with Crippen molar-refractivity contribution in [1.82, 2.24) is 10.3 Å². The lowest BCUT2D eigenvalue weighted by molar-refractivity contribution is 0.428. The molecule has 1 fully saturated rings. The molecule has 6 nitrogen and oxygen atoms in total. The molecule has 0 unspecified atom stereocenters. The highest BCUT2D eigenvalue weighted by Crippen LogP contribution is 2.34. The van der Waals surface area contributed by atoms with Crippen LogP contribution in [-0.2, 0) is 6.54 Å². The van der Waals surface area contributed by atoms with Crippen molar-refractivity contribution in [3.8, 4) is 6.07 Å². The van der Waals surface area contributed by atoms with Crippen LogP contribution in [0.2, 0.25) is 5.02 Å². The molecule has 0 amide bonds. The summed E-state index contributed by atoms with van der Waals surface area (Å²) in [6.45, 7) is 2.36. The molecule has 4 aromatic rings. The second-order valence-electron chi connectivity index (χ2n) is 7.88. The van der Waals surface area contributed by atoms with Gasteiger partial charge in [0.1, 0.15) is 17.2 Å². The zero-order chi connectivity index (χ0) is 21.4. The zero-order valence-corrected chi connectivity index (χ0v) is 17.6. The van der Waals surface area contributed by atoms with Crippen LogP contribution in [0, 0.1) is 11.3 Å². The maximum absolute atomic E-state index is 12.8. The molecule has 2 aromatic carbocycles. The van der Waals surface area contributed by atoms with Crippen molar-refractivity contribution in [2.24, 2.45) is 0 Å². The molecule has 156 valence electrons. The van der Waals surface area contributed by atoms with E-state index in [1.54, 1.807) is 18.4 Å². The number of benzene rings is 2.